The number of hydrogen-bond donors (Lipinski definition) is 1. The third kappa shape index (κ3) is 3.30. The zero-order valence-electron chi connectivity index (χ0n) is 10.6. The molecule has 1 aliphatic rings. The summed E-state index contributed by atoms with van der Waals surface area (Å²) in [7, 11) is -3.18. The van der Waals surface area contributed by atoms with Gasteiger partial charge in [-0.25, -0.2) is 17.5 Å². The Bertz CT molecular complexity index is 568. The van der Waals surface area contributed by atoms with E-state index in [1.807, 2.05) is 0 Å². The summed E-state index contributed by atoms with van der Waals surface area (Å²) < 4.78 is 24.5. The molecule has 1 saturated heterocycles. The summed E-state index contributed by atoms with van der Waals surface area (Å²) in [6.45, 7) is 0.959. The van der Waals surface area contributed by atoms with Gasteiger partial charge in [-0.15, -0.1) is 0 Å². The molecule has 1 atom stereocenters. The summed E-state index contributed by atoms with van der Waals surface area (Å²) >= 11 is 0. The highest BCUT2D eigenvalue weighted by molar-refractivity contribution is 7.88. The van der Waals surface area contributed by atoms with Crippen LogP contribution in [0.25, 0.3) is 0 Å². The number of nitrogens with zero attached hydrogens (tertiary/aromatic N) is 2. The molecule has 0 radical (unpaired) electrons. The lowest BCUT2D eigenvalue weighted by molar-refractivity contribution is 0.0696. The highest BCUT2D eigenvalue weighted by Crippen LogP contribution is 2.26. The van der Waals surface area contributed by atoms with Crippen molar-refractivity contribution in [2.45, 2.75) is 18.8 Å². The minimum atomic E-state index is -3.18. The first-order valence-corrected chi connectivity index (χ1v) is 7.87. The summed E-state index contributed by atoms with van der Waals surface area (Å²) in [5.41, 5.74) is 0.887. The van der Waals surface area contributed by atoms with Gasteiger partial charge in [0, 0.05) is 30.9 Å². The fourth-order valence-corrected chi connectivity index (χ4v) is 3.17. The number of pyridine rings is 1. The van der Waals surface area contributed by atoms with E-state index < -0.39 is 16.0 Å². The Morgan fingerprint density at radius 1 is 1.47 bits per heavy atom. The Morgan fingerprint density at radius 3 is 2.74 bits per heavy atom. The molecule has 2 rings (SSSR count). The SMILES string of the molecule is CS(=O)(=O)N1CCCC(c2ccc(C(=O)O)cn2)C1. The maximum absolute atomic E-state index is 11.5. The molecular formula is C12H16N2O4S. The van der Waals surface area contributed by atoms with Crippen molar-refractivity contribution in [3.8, 4) is 0 Å². The highest BCUT2D eigenvalue weighted by atomic mass is 32.2. The zero-order chi connectivity index (χ0) is 14.0. The average molecular weight is 284 g/mol. The van der Waals surface area contributed by atoms with Crippen molar-refractivity contribution in [1.29, 1.82) is 0 Å². The number of sulfonamides is 1. The van der Waals surface area contributed by atoms with Crippen molar-refractivity contribution in [3.05, 3.63) is 29.6 Å². The number of aromatic carboxylic acids is 1. The quantitative estimate of drug-likeness (QED) is 0.891. The van der Waals surface area contributed by atoms with Gasteiger partial charge in [0.25, 0.3) is 0 Å². The smallest absolute Gasteiger partial charge is 0.337 e. The Labute approximate surface area is 112 Å². The molecule has 7 heteroatoms. The number of piperidine rings is 1. The standard InChI is InChI=1S/C12H16N2O4S/c1-19(17,18)14-6-2-3-10(8-14)11-5-4-9(7-13-11)12(15)16/h4-5,7,10H,2-3,6,8H2,1H3,(H,15,16). The summed E-state index contributed by atoms with van der Waals surface area (Å²) in [6, 6.07) is 3.17. The maximum atomic E-state index is 11.5. The van der Waals surface area contributed by atoms with Crippen LogP contribution in [0.2, 0.25) is 0 Å². The summed E-state index contributed by atoms with van der Waals surface area (Å²) in [5.74, 6) is -0.980. The lowest BCUT2D eigenvalue weighted by Crippen LogP contribution is -2.38. The number of carbonyl (C=O) groups is 1. The van der Waals surface area contributed by atoms with Crippen LogP contribution in [-0.2, 0) is 10.0 Å². The Kier molecular flexibility index (Phi) is 3.86. The Balaban J connectivity index is 2.15. The van der Waals surface area contributed by atoms with E-state index in [2.05, 4.69) is 4.98 Å². The largest absolute Gasteiger partial charge is 0.478 e. The first-order chi connectivity index (χ1) is 8.88. The van der Waals surface area contributed by atoms with Gasteiger partial charge >= 0.3 is 5.97 Å². The van der Waals surface area contributed by atoms with Crippen molar-refractivity contribution in [2.75, 3.05) is 19.3 Å². The number of rotatable bonds is 3. The van der Waals surface area contributed by atoms with Crippen LogP contribution in [0.4, 0.5) is 0 Å². The topological polar surface area (TPSA) is 87.6 Å². The van der Waals surface area contributed by atoms with E-state index in [4.69, 9.17) is 5.11 Å². The van der Waals surface area contributed by atoms with Crippen LogP contribution in [-0.4, -0.2) is 48.1 Å². The first kappa shape index (κ1) is 14.0. The van der Waals surface area contributed by atoms with Crippen LogP contribution < -0.4 is 0 Å². The molecule has 1 unspecified atom stereocenters. The molecule has 1 aromatic rings. The normalized spacial score (nSPS) is 21.2. The van der Waals surface area contributed by atoms with Crippen LogP contribution in [0.5, 0.6) is 0 Å². The van der Waals surface area contributed by atoms with Gasteiger partial charge in [-0.3, -0.25) is 4.98 Å². The molecule has 1 aromatic heterocycles. The van der Waals surface area contributed by atoms with Gasteiger partial charge in [-0.05, 0) is 25.0 Å². The van der Waals surface area contributed by atoms with E-state index in [0.29, 0.717) is 13.1 Å². The lowest BCUT2D eigenvalue weighted by Gasteiger charge is -2.30. The molecule has 6 nitrogen and oxygen atoms in total. The fraction of sp³-hybridized carbons (Fsp3) is 0.500. The minimum Gasteiger partial charge on any atom is -0.478 e. The Hall–Kier alpha value is -1.47. The third-order valence-electron chi connectivity index (χ3n) is 3.30. The van der Waals surface area contributed by atoms with Crippen LogP contribution in [0.3, 0.4) is 0 Å². The van der Waals surface area contributed by atoms with E-state index in [1.54, 1.807) is 6.07 Å². The van der Waals surface area contributed by atoms with Gasteiger partial charge in [-0.1, -0.05) is 0 Å². The molecule has 0 saturated carbocycles. The molecule has 104 valence electrons. The lowest BCUT2D eigenvalue weighted by atomic mass is 9.95. The predicted octanol–water partition coefficient (Wildman–Crippen LogP) is 0.919. The van der Waals surface area contributed by atoms with Crippen molar-refractivity contribution in [1.82, 2.24) is 9.29 Å². The summed E-state index contributed by atoms with van der Waals surface area (Å²) in [6.07, 6.45) is 4.18. The number of carboxylic acid groups (broad SMARTS) is 1. The van der Waals surface area contributed by atoms with Gasteiger partial charge in [0.05, 0.1) is 11.8 Å². The van der Waals surface area contributed by atoms with E-state index in [9.17, 15) is 13.2 Å². The first-order valence-electron chi connectivity index (χ1n) is 6.02. The summed E-state index contributed by atoms with van der Waals surface area (Å²) in [5, 5.41) is 8.81. The van der Waals surface area contributed by atoms with E-state index >= 15 is 0 Å². The number of hydrogen-bond acceptors (Lipinski definition) is 4. The van der Waals surface area contributed by atoms with E-state index in [1.165, 1.54) is 22.8 Å². The van der Waals surface area contributed by atoms with Crippen LogP contribution >= 0.6 is 0 Å². The van der Waals surface area contributed by atoms with Gasteiger partial charge in [0.15, 0.2) is 0 Å². The molecule has 0 bridgehead atoms. The van der Waals surface area contributed by atoms with Crippen LogP contribution in [0.1, 0.15) is 34.8 Å². The fourth-order valence-electron chi connectivity index (χ4n) is 2.26. The maximum Gasteiger partial charge on any atom is 0.337 e. The van der Waals surface area contributed by atoms with E-state index in [-0.39, 0.29) is 11.5 Å². The molecule has 1 aliphatic heterocycles. The van der Waals surface area contributed by atoms with Gasteiger partial charge in [0.2, 0.25) is 10.0 Å². The van der Waals surface area contributed by atoms with Crippen molar-refractivity contribution in [3.63, 3.8) is 0 Å². The second-order valence-corrected chi connectivity index (χ2v) is 6.72. The molecule has 19 heavy (non-hydrogen) atoms. The molecule has 1 N–H and O–H groups in total. The van der Waals surface area contributed by atoms with Gasteiger partial charge in [-0.2, -0.15) is 0 Å². The van der Waals surface area contributed by atoms with Gasteiger partial charge < -0.3 is 5.11 Å². The van der Waals surface area contributed by atoms with Crippen molar-refractivity contribution < 1.29 is 18.3 Å². The minimum absolute atomic E-state index is 0.0336. The average Bonchev–Trinajstić information content (AvgIpc) is 2.38. The monoisotopic (exact) mass is 284 g/mol. The second kappa shape index (κ2) is 5.26. The second-order valence-electron chi connectivity index (χ2n) is 4.74. The number of aromatic nitrogens is 1. The zero-order valence-corrected chi connectivity index (χ0v) is 11.4. The molecule has 0 amide bonds. The van der Waals surface area contributed by atoms with Gasteiger partial charge in [0.1, 0.15) is 0 Å². The number of carboxylic acids is 1. The molecule has 2 heterocycles. The Morgan fingerprint density at radius 2 is 2.21 bits per heavy atom. The molecule has 0 aromatic carbocycles. The van der Waals surface area contributed by atoms with E-state index in [0.717, 1.165) is 18.5 Å². The molecular weight excluding hydrogens is 268 g/mol. The molecule has 0 spiro atoms. The molecule has 0 aliphatic carbocycles. The van der Waals surface area contributed by atoms with Crippen LogP contribution in [0.15, 0.2) is 18.3 Å². The van der Waals surface area contributed by atoms with Crippen molar-refractivity contribution in [2.24, 2.45) is 0 Å². The predicted molar refractivity (Wildman–Crippen MR) is 69.6 cm³/mol. The third-order valence-corrected chi connectivity index (χ3v) is 4.57. The summed E-state index contributed by atoms with van der Waals surface area (Å²) in [4.78, 5) is 14.9. The highest BCUT2D eigenvalue weighted by Gasteiger charge is 2.27. The molecule has 1 fully saturated rings. The van der Waals surface area contributed by atoms with Crippen molar-refractivity contribution >= 4 is 16.0 Å². The van der Waals surface area contributed by atoms with Crippen LogP contribution in [0, 0.1) is 0 Å².